The summed E-state index contributed by atoms with van der Waals surface area (Å²) in [5.74, 6) is -1.90. The second-order valence-corrected chi connectivity index (χ2v) is 12.2. The molecule has 0 heterocycles. The highest BCUT2D eigenvalue weighted by atomic mass is 16.6. The number of carbonyl (C=O) groups is 5. The van der Waals surface area contributed by atoms with Crippen molar-refractivity contribution in [3.05, 3.63) is 59.7 Å². The third kappa shape index (κ3) is 14.9. The van der Waals surface area contributed by atoms with Crippen LogP contribution < -0.4 is 25.4 Å². The zero-order valence-corrected chi connectivity index (χ0v) is 29.6. The van der Waals surface area contributed by atoms with Crippen molar-refractivity contribution in [1.82, 2.24) is 16.0 Å². The number of unbranched alkanes of at least 4 members (excludes halogenated alkanes) is 2. The van der Waals surface area contributed by atoms with E-state index in [9.17, 15) is 24.0 Å². The van der Waals surface area contributed by atoms with E-state index in [-0.39, 0.29) is 31.8 Å². The lowest BCUT2D eigenvalue weighted by molar-refractivity contribution is -0.166. The smallest absolute Gasteiger partial charge is 0.408 e. The topological polar surface area (TPSA) is 168 Å². The minimum Gasteiger partial charge on any atom is -0.497 e. The number of alkyl carbamates (subject to hydrolysis) is 1. The van der Waals surface area contributed by atoms with Crippen molar-refractivity contribution in [1.29, 1.82) is 0 Å². The summed E-state index contributed by atoms with van der Waals surface area (Å²) in [4.78, 5) is 64.6. The molecule has 2 aromatic rings. The van der Waals surface area contributed by atoms with Crippen LogP contribution >= 0.6 is 0 Å². The van der Waals surface area contributed by atoms with Crippen LogP contribution in [0.4, 0.5) is 4.79 Å². The van der Waals surface area contributed by atoms with Gasteiger partial charge in [-0.1, -0.05) is 44.0 Å². The van der Waals surface area contributed by atoms with E-state index < -0.39 is 53.6 Å². The SMILES string of the molecule is CCCCCNC(=O)[C@H](Cc1ccc(OC(C(=O)OCC)C(=O)OCC)cc1)NC(=O)[C@H](Cc1ccc(OC)cc1)NC(=O)OC(C)(C)C. The first kappa shape index (κ1) is 40.4. The fourth-order valence-electron chi connectivity index (χ4n) is 4.55. The summed E-state index contributed by atoms with van der Waals surface area (Å²) in [6, 6.07) is 11.4. The average Bonchev–Trinajstić information content (AvgIpc) is 3.05. The Hall–Kier alpha value is -4.81. The first-order valence-corrected chi connectivity index (χ1v) is 16.6. The first-order chi connectivity index (χ1) is 23.3. The van der Waals surface area contributed by atoms with Crippen LogP contribution in [0, 0.1) is 0 Å². The third-order valence-electron chi connectivity index (χ3n) is 6.94. The lowest BCUT2D eigenvalue weighted by Crippen LogP contribution is -2.55. The summed E-state index contributed by atoms with van der Waals surface area (Å²) < 4.78 is 26.2. The van der Waals surface area contributed by atoms with Gasteiger partial charge < -0.3 is 39.6 Å². The molecule has 0 spiro atoms. The van der Waals surface area contributed by atoms with E-state index in [1.54, 1.807) is 78.1 Å². The Balaban J connectivity index is 2.31. The first-order valence-electron chi connectivity index (χ1n) is 16.6. The Labute approximate surface area is 288 Å². The molecule has 2 aromatic carbocycles. The maximum atomic E-state index is 13.8. The molecule has 0 aliphatic heterocycles. The molecule has 3 N–H and O–H groups in total. The van der Waals surface area contributed by atoms with Crippen molar-refractivity contribution in [2.45, 2.75) is 97.4 Å². The van der Waals surface area contributed by atoms with Gasteiger partial charge in [0.05, 0.1) is 20.3 Å². The van der Waals surface area contributed by atoms with Gasteiger partial charge >= 0.3 is 18.0 Å². The molecule has 2 atom stereocenters. The molecule has 13 heteroatoms. The minimum absolute atomic E-state index is 0.0545. The predicted octanol–water partition coefficient (Wildman–Crippen LogP) is 4.04. The summed E-state index contributed by atoms with van der Waals surface area (Å²) in [5, 5.41) is 8.37. The molecular formula is C36H51N3O10. The van der Waals surface area contributed by atoms with Crippen molar-refractivity contribution in [3.8, 4) is 11.5 Å². The summed E-state index contributed by atoms with van der Waals surface area (Å²) in [7, 11) is 1.55. The van der Waals surface area contributed by atoms with Crippen LogP contribution in [0.3, 0.4) is 0 Å². The lowest BCUT2D eigenvalue weighted by atomic mass is 10.0. The summed E-state index contributed by atoms with van der Waals surface area (Å²) in [6.07, 6.45) is 0.507. The molecule has 0 fully saturated rings. The van der Waals surface area contributed by atoms with E-state index in [2.05, 4.69) is 22.9 Å². The number of methoxy groups -OCH3 is 1. The van der Waals surface area contributed by atoms with Gasteiger partial charge in [0.15, 0.2) is 0 Å². The van der Waals surface area contributed by atoms with Crippen LogP contribution in [-0.4, -0.2) is 80.5 Å². The summed E-state index contributed by atoms with van der Waals surface area (Å²) >= 11 is 0. The van der Waals surface area contributed by atoms with Gasteiger partial charge in [0.2, 0.25) is 11.8 Å². The van der Waals surface area contributed by atoms with Crippen LogP contribution in [-0.2, 0) is 46.2 Å². The highest BCUT2D eigenvalue weighted by Gasteiger charge is 2.32. The predicted molar refractivity (Wildman–Crippen MR) is 182 cm³/mol. The van der Waals surface area contributed by atoms with Gasteiger partial charge in [0.25, 0.3) is 6.10 Å². The fourth-order valence-corrected chi connectivity index (χ4v) is 4.55. The number of carbonyl (C=O) groups excluding carboxylic acids is 5. The Morgan fingerprint density at radius 1 is 0.694 bits per heavy atom. The summed E-state index contributed by atoms with van der Waals surface area (Å²) in [6.45, 7) is 11.0. The van der Waals surface area contributed by atoms with Crippen molar-refractivity contribution in [2.75, 3.05) is 26.9 Å². The number of rotatable bonds is 19. The molecule has 0 saturated heterocycles. The van der Waals surface area contributed by atoms with E-state index in [1.807, 2.05) is 0 Å². The second kappa shape index (κ2) is 20.5. The van der Waals surface area contributed by atoms with Crippen LogP contribution in [0.1, 0.15) is 71.9 Å². The van der Waals surface area contributed by atoms with Crippen molar-refractivity contribution < 1.29 is 47.7 Å². The molecule has 0 bridgehead atoms. The fraction of sp³-hybridized carbons (Fsp3) is 0.528. The Morgan fingerprint density at radius 3 is 1.67 bits per heavy atom. The highest BCUT2D eigenvalue weighted by Crippen LogP contribution is 2.18. The number of ether oxygens (including phenoxy) is 5. The van der Waals surface area contributed by atoms with E-state index in [0.717, 1.165) is 24.8 Å². The third-order valence-corrected chi connectivity index (χ3v) is 6.94. The number of benzene rings is 2. The molecule has 2 rings (SSSR count). The molecule has 0 aliphatic carbocycles. The zero-order chi connectivity index (χ0) is 36.4. The van der Waals surface area contributed by atoms with E-state index in [1.165, 1.54) is 12.1 Å². The normalized spacial score (nSPS) is 12.2. The van der Waals surface area contributed by atoms with Gasteiger partial charge in [-0.15, -0.1) is 0 Å². The van der Waals surface area contributed by atoms with Crippen molar-refractivity contribution in [2.24, 2.45) is 0 Å². The average molecular weight is 686 g/mol. The van der Waals surface area contributed by atoms with Gasteiger partial charge in [-0.3, -0.25) is 9.59 Å². The van der Waals surface area contributed by atoms with Crippen LogP contribution in [0.15, 0.2) is 48.5 Å². The lowest BCUT2D eigenvalue weighted by Gasteiger charge is -2.25. The molecule has 0 saturated carbocycles. The molecule has 270 valence electrons. The minimum atomic E-state index is -1.60. The Morgan fingerprint density at radius 2 is 1.20 bits per heavy atom. The van der Waals surface area contributed by atoms with E-state index >= 15 is 0 Å². The van der Waals surface area contributed by atoms with Gasteiger partial charge in [-0.25, -0.2) is 14.4 Å². The van der Waals surface area contributed by atoms with Crippen molar-refractivity contribution in [3.63, 3.8) is 0 Å². The molecule has 0 aromatic heterocycles. The Bertz CT molecular complexity index is 1340. The quantitative estimate of drug-likeness (QED) is 0.0850. The number of nitrogens with one attached hydrogen (secondary N) is 3. The van der Waals surface area contributed by atoms with Crippen LogP contribution in [0.5, 0.6) is 11.5 Å². The van der Waals surface area contributed by atoms with Crippen LogP contribution in [0.25, 0.3) is 0 Å². The van der Waals surface area contributed by atoms with Gasteiger partial charge in [-0.2, -0.15) is 0 Å². The largest absolute Gasteiger partial charge is 0.497 e. The zero-order valence-electron chi connectivity index (χ0n) is 29.6. The van der Waals surface area contributed by atoms with Crippen LogP contribution in [0.2, 0.25) is 0 Å². The van der Waals surface area contributed by atoms with Gasteiger partial charge in [0.1, 0.15) is 29.2 Å². The molecule has 0 radical (unpaired) electrons. The molecule has 0 unspecified atom stereocenters. The number of amides is 3. The maximum Gasteiger partial charge on any atom is 0.408 e. The van der Waals surface area contributed by atoms with Crippen molar-refractivity contribution >= 4 is 29.8 Å². The second-order valence-electron chi connectivity index (χ2n) is 12.2. The number of hydrogen-bond donors (Lipinski definition) is 3. The number of hydrogen-bond acceptors (Lipinski definition) is 10. The van der Waals surface area contributed by atoms with E-state index in [4.69, 9.17) is 23.7 Å². The molecule has 49 heavy (non-hydrogen) atoms. The van der Waals surface area contributed by atoms with Gasteiger partial charge in [0, 0.05) is 19.4 Å². The summed E-state index contributed by atoms with van der Waals surface area (Å²) in [5.41, 5.74) is 0.600. The Kier molecular flexibility index (Phi) is 16.9. The molecule has 0 aliphatic rings. The molecule has 13 nitrogen and oxygen atoms in total. The maximum absolute atomic E-state index is 13.8. The monoisotopic (exact) mass is 685 g/mol. The van der Waals surface area contributed by atoms with Gasteiger partial charge in [-0.05, 0) is 76.4 Å². The molecular weight excluding hydrogens is 634 g/mol. The highest BCUT2D eigenvalue weighted by molar-refractivity contribution is 5.98. The van der Waals surface area contributed by atoms with E-state index in [0.29, 0.717) is 17.9 Å². The molecule has 3 amide bonds. The number of esters is 2. The standard InChI is InChI=1S/C36H51N3O10/c1-8-11-12-21-37-31(40)28(22-25-15-19-27(20-16-25)48-30(33(42)46-9-2)34(43)47-10-3)38-32(41)29(39-35(44)49-36(4,5)6)23-24-13-17-26(45-7)18-14-24/h13-20,28-30H,8-12,21-23H2,1-7H3,(H,37,40)(H,38,41)(H,39,44)/t28-,29-/m0/s1.